The number of halogens is 1. The Morgan fingerprint density at radius 3 is 2.52 bits per heavy atom. The van der Waals surface area contributed by atoms with Crippen LogP contribution in [0, 0.1) is 10.6 Å². The first kappa shape index (κ1) is 18.8. The van der Waals surface area contributed by atoms with Crippen LogP contribution in [0.4, 0.5) is 4.39 Å². The molecule has 27 heavy (non-hydrogen) atoms. The second-order valence-corrected chi connectivity index (χ2v) is 6.37. The fourth-order valence-electron chi connectivity index (χ4n) is 2.76. The van der Waals surface area contributed by atoms with Gasteiger partial charge >= 0.3 is 0 Å². The number of hydrogen-bond acceptors (Lipinski definition) is 3. The monoisotopic (exact) mass is 385 g/mol. The minimum atomic E-state index is -0.351. The predicted molar refractivity (Wildman–Crippen MR) is 104 cm³/mol. The van der Waals surface area contributed by atoms with Crippen molar-refractivity contribution in [3.63, 3.8) is 0 Å². The second kappa shape index (κ2) is 8.18. The molecule has 0 saturated heterocycles. The third-order valence-corrected chi connectivity index (χ3v) is 4.43. The molecule has 5 nitrogen and oxygen atoms in total. The quantitative estimate of drug-likeness (QED) is 0.612. The molecule has 0 saturated carbocycles. The Hall–Kier alpha value is -2.93. The van der Waals surface area contributed by atoms with Gasteiger partial charge in [0.2, 0.25) is 0 Å². The number of aromatic nitrogens is 2. The van der Waals surface area contributed by atoms with E-state index in [0.29, 0.717) is 22.8 Å². The molecule has 7 heteroatoms. The summed E-state index contributed by atoms with van der Waals surface area (Å²) in [4.78, 5) is 15.6. The summed E-state index contributed by atoms with van der Waals surface area (Å²) in [5, 5.41) is 2.96. The van der Waals surface area contributed by atoms with Crippen molar-refractivity contribution in [2.75, 3.05) is 6.61 Å². The Morgan fingerprint density at radius 2 is 1.89 bits per heavy atom. The Labute approximate surface area is 161 Å². The third-order valence-electron chi connectivity index (χ3n) is 4.13. The molecule has 0 bridgehead atoms. The van der Waals surface area contributed by atoms with Crippen molar-refractivity contribution in [1.82, 2.24) is 14.9 Å². The van der Waals surface area contributed by atoms with Gasteiger partial charge in [-0.3, -0.25) is 9.36 Å². The van der Waals surface area contributed by atoms with Crippen molar-refractivity contribution in [1.29, 1.82) is 0 Å². The van der Waals surface area contributed by atoms with Gasteiger partial charge in [0.15, 0.2) is 4.77 Å². The van der Waals surface area contributed by atoms with E-state index in [2.05, 4.69) is 10.3 Å². The summed E-state index contributed by atoms with van der Waals surface area (Å²) in [6, 6.07) is 13.2. The van der Waals surface area contributed by atoms with Gasteiger partial charge in [0.25, 0.3) is 5.91 Å². The Bertz CT molecular complexity index is 978. The van der Waals surface area contributed by atoms with Crippen molar-refractivity contribution < 1.29 is 13.9 Å². The summed E-state index contributed by atoms with van der Waals surface area (Å²) < 4.78 is 20.6. The van der Waals surface area contributed by atoms with Crippen LogP contribution in [0.1, 0.15) is 35.9 Å². The second-order valence-electron chi connectivity index (χ2n) is 5.99. The molecule has 1 amide bonds. The van der Waals surface area contributed by atoms with E-state index in [-0.39, 0.29) is 17.8 Å². The summed E-state index contributed by atoms with van der Waals surface area (Å²) in [5.74, 6) is 0.152. The molecule has 3 rings (SSSR count). The van der Waals surface area contributed by atoms with E-state index >= 15 is 0 Å². The van der Waals surface area contributed by atoms with Crippen LogP contribution in [-0.2, 0) is 0 Å². The molecule has 1 atom stereocenters. The Morgan fingerprint density at radius 1 is 1.22 bits per heavy atom. The minimum absolute atomic E-state index is 0.210. The molecule has 0 radical (unpaired) electrons. The van der Waals surface area contributed by atoms with E-state index in [0.717, 1.165) is 11.3 Å². The predicted octanol–water partition coefficient (Wildman–Crippen LogP) is 4.56. The number of amides is 1. The standard InChI is InChI=1S/C20H20FN3O2S/c1-3-26-17-10-4-14(5-11-17)13(2)23-19(25)18-12-22-20(27)24(18)16-8-6-15(21)7-9-16/h4-13H,3H2,1-2H3,(H,22,27)(H,23,25)/t13-/m1/s1. The van der Waals surface area contributed by atoms with Crippen molar-refractivity contribution >= 4 is 18.1 Å². The van der Waals surface area contributed by atoms with Gasteiger partial charge in [-0.2, -0.15) is 0 Å². The van der Waals surface area contributed by atoms with E-state index in [1.165, 1.54) is 12.1 Å². The molecule has 2 aromatic carbocycles. The molecule has 0 spiro atoms. The maximum Gasteiger partial charge on any atom is 0.270 e. The average molecular weight is 385 g/mol. The van der Waals surface area contributed by atoms with Crippen LogP contribution in [0.5, 0.6) is 5.75 Å². The van der Waals surface area contributed by atoms with Crippen molar-refractivity contribution in [2.45, 2.75) is 19.9 Å². The van der Waals surface area contributed by atoms with E-state index in [1.807, 2.05) is 38.1 Å². The number of imidazole rings is 1. The molecule has 0 aliphatic rings. The van der Waals surface area contributed by atoms with Gasteiger partial charge in [0.1, 0.15) is 17.3 Å². The molecular weight excluding hydrogens is 365 g/mol. The summed E-state index contributed by atoms with van der Waals surface area (Å²) in [6.45, 7) is 4.43. The maximum atomic E-state index is 13.2. The molecule has 0 fully saturated rings. The van der Waals surface area contributed by atoms with Crippen LogP contribution < -0.4 is 10.1 Å². The van der Waals surface area contributed by atoms with Crippen LogP contribution in [0.15, 0.2) is 54.7 Å². The van der Waals surface area contributed by atoms with Crippen molar-refractivity contribution in [2.24, 2.45) is 0 Å². The number of nitrogens with one attached hydrogen (secondary N) is 2. The first-order valence-electron chi connectivity index (χ1n) is 8.59. The number of carbonyl (C=O) groups excluding carboxylic acids is 1. The summed E-state index contributed by atoms with van der Waals surface area (Å²) >= 11 is 5.27. The number of rotatable bonds is 6. The summed E-state index contributed by atoms with van der Waals surface area (Å²) in [7, 11) is 0. The Kier molecular flexibility index (Phi) is 5.71. The highest BCUT2D eigenvalue weighted by Gasteiger charge is 2.17. The largest absolute Gasteiger partial charge is 0.494 e. The maximum absolute atomic E-state index is 13.2. The molecule has 140 valence electrons. The van der Waals surface area contributed by atoms with Crippen LogP contribution in [0.25, 0.3) is 5.69 Å². The summed E-state index contributed by atoms with van der Waals surface area (Å²) in [5.41, 5.74) is 1.92. The van der Waals surface area contributed by atoms with Crippen molar-refractivity contribution in [3.8, 4) is 11.4 Å². The number of carbonyl (C=O) groups is 1. The fraction of sp³-hybridized carbons (Fsp3) is 0.200. The lowest BCUT2D eigenvalue weighted by molar-refractivity contribution is 0.0933. The van der Waals surface area contributed by atoms with Gasteiger partial charge in [-0.1, -0.05) is 12.1 Å². The van der Waals surface area contributed by atoms with Gasteiger partial charge in [-0.25, -0.2) is 4.39 Å². The highest BCUT2D eigenvalue weighted by molar-refractivity contribution is 7.71. The third kappa shape index (κ3) is 4.25. The lowest BCUT2D eigenvalue weighted by Gasteiger charge is -2.16. The topological polar surface area (TPSA) is 59.0 Å². The van der Waals surface area contributed by atoms with Gasteiger partial charge in [-0.15, -0.1) is 0 Å². The normalized spacial score (nSPS) is 11.8. The lowest BCUT2D eigenvalue weighted by Crippen LogP contribution is -2.28. The molecule has 0 aliphatic heterocycles. The van der Waals surface area contributed by atoms with Gasteiger partial charge in [0.05, 0.1) is 12.6 Å². The van der Waals surface area contributed by atoms with E-state index in [9.17, 15) is 9.18 Å². The SMILES string of the molecule is CCOc1ccc([C@@H](C)NC(=O)c2c[nH]c(=S)n2-c2ccc(F)cc2)cc1. The van der Waals surface area contributed by atoms with E-state index in [4.69, 9.17) is 17.0 Å². The highest BCUT2D eigenvalue weighted by Crippen LogP contribution is 2.19. The molecule has 2 N–H and O–H groups in total. The van der Waals surface area contributed by atoms with Gasteiger partial charge in [0, 0.05) is 11.9 Å². The van der Waals surface area contributed by atoms with Crippen molar-refractivity contribution in [3.05, 3.63) is 76.6 Å². The zero-order chi connectivity index (χ0) is 19.4. The lowest BCUT2D eigenvalue weighted by atomic mass is 10.1. The number of benzene rings is 2. The van der Waals surface area contributed by atoms with Crippen LogP contribution in [0.2, 0.25) is 0 Å². The van der Waals surface area contributed by atoms with Crippen LogP contribution >= 0.6 is 12.2 Å². The zero-order valence-corrected chi connectivity index (χ0v) is 15.8. The highest BCUT2D eigenvalue weighted by atomic mass is 32.1. The minimum Gasteiger partial charge on any atom is -0.494 e. The van der Waals surface area contributed by atoms with Gasteiger partial charge < -0.3 is 15.0 Å². The summed E-state index contributed by atoms with van der Waals surface area (Å²) in [6.07, 6.45) is 1.55. The Balaban J connectivity index is 1.80. The average Bonchev–Trinajstić information content (AvgIpc) is 3.05. The first-order chi connectivity index (χ1) is 13.0. The molecule has 1 heterocycles. The number of H-pyrrole nitrogens is 1. The zero-order valence-electron chi connectivity index (χ0n) is 15.0. The van der Waals surface area contributed by atoms with E-state index in [1.54, 1.807) is 22.9 Å². The van der Waals surface area contributed by atoms with Crippen LogP contribution in [0.3, 0.4) is 0 Å². The van der Waals surface area contributed by atoms with E-state index < -0.39 is 0 Å². The fourth-order valence-corrected chi connectivity index (χ4v) is 3.02. The number of hydrogen-bond donors (Lipinski definition) is 2. The smallest absolute Gasteiger partial charge is 0.270 e. The van der Waals surface area contributed by atoms with Gasteiger partial charge in [-0.05, 0) is 68.0 Å². The van der Waals surface area contributed by atoms with Crippen LogP contribution in [-0.4, -0.2) is 22.1 Å². The number of ether oxygens (including phenoxy) is 1. The molecule has 0 aliphatic carbocycles. The number of nitrogens with zero attached hydrogens (tertiary/aromatic N) is 1. The molecular formula is C20H20FN3O2S. The number of aromatic amines is 1. The molecule has 1 aromatic heterocycles. The molecule has 3 aromatic rings. The first-order valence-corrected chi connectivity index (χ1v) is 9.00. The molecule has 0 unspecified atom stereocenters.